The van der Waals surface area contributed by atoms with E-state index in [0.717, 1.165) is 6.42 Å². The van der Waals surface area contributed by atoms with E-state index < -0.39 is 23.0 Å². The average Bonchev–Trinajstić information content (AvgIpc) is 2.45. The fraction of sp³-hybridized carbons (Fsp3) is 0.625. The molecular weight excluding hydrogens is 326 g/mol. The third kappa shape index (κ3) is 4.36. The normalized spacial score (nSPS) is 19.3. The van der Waals surface area contributed by atoms with Gasteiger partial charge in [0.15, 0.2) is 11.6 Å². The fourth-order valence-electron chi connectivity index (χ4n) is 2.51. The highest BCUT2D eigenvalue weighted by molar-refractivity contribution is 5.81. The van der Waals surface area contributed by atoms with E-state index in [9.17, 15) is 22.4 Å². The van der Waals surface area contributed by atoms with E-state index in [1.165, 1.54) is 0 Å². The molecule has 0 aromatic carbocycles. The van der Waals surface area contributed by atoms with Crippen LogP contribution in [0.1, 0.15) is 39.2 Å². The Labute approximate surface area is 138 Å². The van der Waals surface area contributed by atoms with Gasteiger partial charge < -0.3 is 10.2 Å². The predicted octanol–water partition coefficient (Wildman–Crippen LogP) is 3.37. The molecule has 1 fully saturated rings. The van der Waals surface area contributed by atoms with Gasteiger partial charge in [0.25, 0.3) is 0 Å². The second-order valence-corrected chi connectivity index (χ2v) is 7.04. The number of anilines is 1. The van der Waals surface area contributed by atoms with Gasteiger partial charge in [-0.3, -0.25) is 4.79 Å². The van der Waals surface area contributed by atoms with Crippen LogP contribution >= 0.6 is 0 Å². The van der Waals surface area contributed by atoms with Gasteiger partial charge >= 0.3 is 6.18 Å². The first kappa shape index (κ1) is 18.5. The number of carbonyl (C=O) groups is 1. The molecule has 1 atom stereocenters. The quantitative estimate of drug-likeness (QED) is 0.835. The van der Waals surface area contributed by atoms with Gasteiger partial charge in [0.05, 0.1) is 5.56 Å². The molecule has 1 aliphatic heterocycles. The Morgan fingerprint density at radius 2 is 2.00 bits per heavy atom. The Balaban J connectivity index is 2.11. The Kier molecular flexibility index (Phi) is 5.05. The van der Waals surface area contributed by atoms with Crippen molar-refractivity contribution in [2.75, 3.05) is 18.0 Å². The van der Waals surface area contributed by atoms with Gasteiger partial charge in [0, 0.05) is 30.7 Å². The second-order valence-electron chi connectivity index (χ2n) is 7.04. The highest BCUT2D eigenvalue weighted by atomic mass is 19.4. The van der Waals surface area contributed by atoms with Crippen LogP contribution in [0.15, 0.2) is 12.3 Å². The van der Waals surface area contributed by atoms with Gasteiger partial charge in [-0.25, -0.2) is 9.37 Å². The smallest absolute Gasteiger partial charge is 0.352 e. The van der Waals surface area contributed by atoms with Gasteiger partial charge in [-0.15, -0.1) is 0 Å². The lowest BCUT2D eigenvalue weighted by Crippen LogP contribution is -2.50. The maximum Gasteiger partial charge on any atom is 0.417 e. The summed E-state index contributed by atoms with van der Waals surface area (Å²) in [6.45, 7) is 6.17. The first-order chi connectivity index (χ1) is 11.0. The molecule has 8 heteroatoms. The summed E-state index contributed by atoms with van der Waals surface area (Å²) in [5.74, 6) is -1.24. The lowest BCUT2D eigenvalue weighted by molar-refractivity contribution is -0.138. The summed E-state index contributed by atoms with van der Waals surface area (Å²) >= 11 is 0. The third-order valence-electron chi connectivity index (χ3n) is 3.89. The first-order valence-electron chi connectivity index (χ1n) is 7.77. The van der Waals surface area contributed by atoms with Crippen molar-refractivity contribution >= 4 is 11.7 Å². The van der Waals surface area contributed by atoms with E-state index in [4.69, 9.17) is 0 Å². The van der Waals surface area contributed by atoms with Gasteiger partial charge in [0.2, 0.25) is 5.91 Å². The zero-order valence-corrected chi connectivity index (χ0v) is 13.9. The number of halogens is 4. The number of hydrogen-bond acceptors (Lipinski definition) is 3. The fourth-order valence-corrected chi connectivity index (χ4v) is 2.51. The van der Waals surface area contributed by atoms with Crippen molar-refractivity contribution in [3.05, 3.63) is 23.6 Å². The summed E-state index contributed by atoms with van der Waals surface area (Å²) in [6, 6.07) is 0.272. The minimum atomic E-state index is -4.63. The largest absolute Gasteiger partial charge is 0.417 e. The summed E-state index contributed by atoms with van der Waals surface area (Å²) in [4.78, 5) is 17.3. The number of amides is 1. The molecule has 1 N–H and O–H groups in total. The van der Waals surface area contributed by atoms with Crippen LogP contribution in [-0.4, -0.2) is 30.0 Å². The number of pyridine rings is 1. The Morgan fingerprint density at radius 3 is 2.54 bits per heavy atom. The maximum atomic E-state index is 14.1. The highest BCUT2D eigenvalue weighted by Gasteiger charge is 2.33. The predicted molar refractivity (Wildman–Crippen MR) is 82.0 cm³/mol. The topological polar surface area (TPSA) is 45.2 Å². The zero-order valence-electron chi connectivity index (χ0n) is 13.9. The zero-order chi connectivity index (χ0) is 18.1. The molecule has 1 unspecified atom stereocenters. The van der Waals surface area contributed by atoms with Crippen LogP contribution in [0.25, 0.3) is 0 Å². The van der Waals surface area contributed by atoms with Gasteiger partial charge in [-0.05, 0) is 18.9 Å². The van der Waals surface area contributed by atoms with Gasteiger partial charge in [-0.1, -0.05) is 20.8 Å². The molecule has 0 spiro atoms. The lowest BCUT2D eigenvalue weighted by Gasteiger charge is -2.35. The number of piperidine rings is 1. The molecule has 1 saturated heterocycles. The van der Waals surface area contributed by atoms with Crippen molar-refractivity contribution in [1.29, 1.82) is 0 Å². The van der Waals surface area contributed by atoms with Crippen LogP contribution in [0.5, 0.6) is 0 Å². The van der Waals surface area contributed by atoms with E-state index in [-0.39, 0.29) is 17.8 Å². The SMILES string of the molecule is CC(C)(C)C(=O)NC1CCCN(c2ncc(C(F)(F)F)cc2F)C1. The van der Waals surface area contributed by atoms with Crippen LogP contribution in [0.4, 0.5) is 23.4 Å². The Morgan fingerprint density at radius 1 is 1.33 bits per heavy atom. The van der Waals surface area contributed by atoms with Crippen molar-refractivity contribution < 1.29 is 22.4 Å². The molecule has 1 aliphatic rings. The highest BCUT2D eigenvalue weighted by Crippen LogP contribution is 2.31. The number of rotatable bonds is 2. The van der Waals surface area contributed by atoms with Crippen molar-refractivity contribution in [3.63, 3.8) is 0 Å². The van der Waals surface area contributed by atoms with Crippen LogP contribution in [0.3, 0.4) is 0 Å². The maximum absolute atomic E-state index is 14.1. The van der Waals surface area contributed by atoms with Gasteiger partial charge in [0.1, 0.15) is 0 Å². The molecular formula is C16H21F4N3O. The number of nitrogens with one attached hydrogen (secondary N) is 1. The minimum Gasteiger partial charge on any atom is -0.352 e. The van der Waals surface area contributed by atoms with Crippen molar-refractivity contribution in [1.82, 2.24) is 10.3 Å². The molecule has 1 aromatic heterocycles. The molecule has 1 amide bonds. The number of alkyl halides is 3. The Hall–Kier alpha value is -1.86. The van der Waals surface area contributed by atoms with Crippen LogP contribution in [-0.2, 0) is 11.0 Å². The van der Waals surface area contributed by atoms with Crippen molar-refractivity contribution in [2.45, 2.75) is 45.8 Å². The number of hydrogen-bond donors (Lipinski definition) is 1. The molecule has 0 aliphatic carbocycles. The van der Waals surface area contributed by atoms with Gasteiger partial charge in [-0.2, -0.15) is 13.2 Å². The number of aromatic nitrogens is 1. The van der Waals surface area contributed by atoms with Crippen molar-refractivity contribution in [2.24, 2.45) is 5.41 Å². The van der Waals surface area contributed by atoms with E-state index in [1.807, 2.05) is 0 Å². The molecule has 4 nitrogen and oxygen atoms in total. The van der Waals surface area contributed by atoms with E-state index in [2.05, 4.69) is 10.3 Å². The summed E-state index contributed by atoms with van der Waals surface area (Å²) in [5, 5.41) is 2.90. The molecule has 24 heavy (non-hydrogen) atoms. The number of carbonyl (C=O) groups excluding carboxylic acids is 1. The average molecular weight is 347 g/mol. The Bertz CT molecular complexity index is 610. The van der Waals surface area contributed by atoms with E-state index in [1.54, 1.807) is 25.7 Å². The lowest BCUT2D eigenvalue weighted by atomic mass is 9.94. The van der Waals surface area contributed by atoms with Crippen LogP contribution in [0, 0.1) is 11.2 Å². The van der Waals surface area contributed by atoms with Crippen LogP contribution in [0.2, 0.25) is 0 Å². The second kappa shape index (κ2) is 6.57. The summed E-state index contributed by atoms with van der Waals surface area (Å²) in [6.07, 6.45) is -2.56. The molecule has 134 valence electrons. The molecule has 0 bridgehead atoms. The summed E-state index contributed by atoms with van der Waals surface area (Å²) in [5.41, 5.74) is -1.65. The molecule has 0 radical (unpaired) electrons. The number of nitrogens with zero attached hydrogens (tertiary/aromatic N) is 2. The van der Waals surface area contributed by atoms with Crippen LogP contribution < -0.4 is 10.2 Å². The standard InChI is InChI=1S/C16H21F4N3O/c1-15(2,3)14(24)22-11-5-4-6-23(9-11)13-12(17)7-10(8-21-13)16(18,19)20/h7-8,11H,4-6,9H2,1-3H3,(H,22,24). The molecule has 2 heterocycles. The first-order valence-corrected chi connectivity index (χ1v) is 7.77. The van der Waals surface area contributed by atoms with Crippen molar-refractivity contribution in [3.8, 4) is 0 Å². The monoisotopic (exact) mass is 347 g/mol. The molecule has 2 rings (SSSR count). The molecule has 1 aromatic rings. The van der Waals surface area contributed by atoms with E-state index >= 15 is 0 Å². The third-order valence-corrected chi connectivity index (χ3v) is 3.89. The summed E-state index contributed by atoms with van der Waals surface area (Å²) < 4.78 is 51.8. The van der Waals surface area contributed by atoms with E-state index in [0.29, 0.717) is 31.8 Å². The summed E-state index contributed by atoms with van der Waals surface area (Å²) in [7, 11) is 0. The molecule has 0 saturated carbocycles. The minimum absolute atomic E-state index is 0.113.